The predicted octanol–water partition coefficient (Wildman–Crippen LogP) is 1.86. The van der Waals surface area contributed by atoms with Crippen molar-refractivity contribution in [2.24, 2.45) is 0 Å². The van der Waals surface area contributed by atoms with Gasteiger partial charge in [-0.2, -0.15) is 8.42 Å². The quantitative estimate of drug-likeness (QED) is 0.611. The average Bonchev–Trinajstić information content (AvgIpc) is 1.97. The summed E-state index contributed by atoms with van der Waals surface area (Å²) in [5.41, 5.74) is 0.368. The Morgan fingerprint density at radius 3 is 2.57 bits per heavy atom. The summed E-state index contributed by atoms with van der Waals surface area (Å²) in [4.78, 5) is 3.83. The third kappa shape index (κ3) is 4.23. The Kier molecular flexibility index (Phi) is 3.71. The van der Waals surface area contributed by atoms with E-state index in [9.17, 15) is 8.42 Å². The number of hydrogen-bond acceptors (Lipinski definition) is 4. The van der Waals surface area contributed by atoms with Crippen molar-refractivity contribution in [2.75, 3.05) is 6.26 Å². The van der Waals surface area contributed by atoms with Gasteiger partial charge in [-0.05, 0) is 12.1 Å². The molecule has 0 saturated carbocycles. The summed E-state index contributed by atoms with van der Waals surface area (Å²) in [6.07, 6.45) is 0.957. The van der Waals surface area contributed by atoms with E-state index in [1.807, 2.05) is 0 Å². The summed E-state index contributed by atoms with van der Waals surface area (Å²) in [5.74, 6) is 0. The highest BCUT2D eigenvalue weighted by Gasteiger charge is 2.05. The van der Waals surface area contributed by atoms with Gasteiger partial charge in [-0.1, -0.05) is 23.2 Å². The molecule has 0 radical (unpaired) electrons. The number of nitrogens with zero attached hydrogens (tertiary/aromatic N) is 1. The Morgan fingerprint density at radius 1 is 1.43 bits per heavy atom. The van der Waals surface area contributed by atoms with Gasteiger partial charge in [0.15, 0.2) is 0 Å². The molecular formula is C7H7Cl2NO3S. The molecule has 1 aromatic rings. The van der Waals surface area contributed by atoms with Crippen LogP contribution in [0.3, 0.4) is 0 Å². The molecule has 0 aliphatic rings. The van der Waals surface area contributed by atoms with Crippen LogP contribution in [0.1, 0.15) is 5.69 Å². The van der Waals surface area contributed by atoms with Crippen molar-refractivity contribution in [3.8, 4) is 0 Å². The summed E-state index contributed by atoms with van der Waals surface area (Å²) < 4.78 is 25.8. The minimum absolute atomic E-state index is 0.168. The Morgan fingerprint density at radius 2 is 2.07 bits per heavy atom. The first-order valence-corrected chi connectivity index (χ1v) is 6.10. The normalized spacial score (nSPS) is 11.6. The molecule has 4 nitrogen and oxygen atoms in total. The molecule has 0 aromatic carbocycles. The minimum atomic E-state index is -3.47. The summed E-state index contributed by atoms with van der Waals surface area (Å²) in [6, 6.07) is 2.94. The van der Waals surface area contributed by atoms with Crippen molar-refractivity contribution in [3.63, 3.8) is 0 Å². The summed E-state index contributed by atoms with van der Waals surface area (Å²) in [7, 11) is -3.47. The molecule has 0 atom stereocenters. The summed E-state index contributed by atoms with van der Waals surface area (Å²) >= 11 is 11.3. The van der Waals surface area contributed by atoms with Crippen LogP contribution in [-0.2, 0) is 20.9 Å². The number of aromatic nitrogens is 1. The van der Waals surface area contributed by atoms with Gasteiger partial charge < -0.3 is 0 Å². The molecule has 0 unspecified atom stereocenters. The fourth-order valence-corrected chi connectivity index (χ4v) is 1.60. The first-order valence-electron chi connectivity index (χ1n) is 3.53. The van der Waals surface area contributed by atoms with Crippen molar-refractivity contribution in [1.29, 1.82) is 0 Å². The molecular weight excluding hydrogens is 249 g/mol. The lowest BCUT2D eigenvalue weighted by atomic mass is 10.4. The standard InChI is InChI=1S/C7H7Cl2NO3S/c1-14(11,12)13-4-6-2-5(8)3-7(9)10-6/h2-3H,4H2,1H3. The third-order valence-corrected chi connectivity index (χ3v) is 2.19. The van der Waals surface area contributed by atoms with Gasteiger partial charge in [-0.25, -0.2) is 4.98 Å². The van der Waals surface area contributed by atoms with Crippen LogP contribution in [0.25, 0.3) is 0 Å². The molecule has 0 N–H and O–H groups in total. The molecule has 0 spiro atoms. The van der Waals surface area contributed by atoms with E-state index in [1.165, 1.54) is 12.1 Å². The fourth-order valence-electron chi connectivity index (χ4n) is 0.758. The zero-order chi connectivity index (χ0) is 10.8. The molecule has 1 rings (SSSR count). The maximum Gasteiger partial charge on any atom is 0.264 e. The van der Waals surface area contributed by atoms with Crippen molar-refractivity contribution in [1.82, 2.24) is 4.98 Å². The van der Waals surface area contributed by atoms with E-state index < -0.39 is 10.1 Å². The molecule has 0 saturated heterocycles. The highest BCUT2D eigenvalue weighted by molar-refractivity contribution is 7.85. The van der Waals surface area contributed by atoms with E-state index in [2.05, 4.69) is 9.17 Å². The molecule has 1 aromatic heterocycles. The van der Waals surface area contributed by atoms with Crippen molar-refractivity contribution in [2.45, 2.75) is 6.61 Å². The van der Waals surface area contributed by atoms with Crippen LogP contribution >= 0.6 is 23.2 Å². The van der Waals surface area contributed by atoms with E-state index in [1.54, 1.807) is 0 Å². The second-order valence-corrected chi connectivity index (χ2v) is 5.03. The van der Waals surface area contributed by atoms with Crippen LogP contribution in [0, 0.1) is 0 Å². The van der Waals surface area contributed by atoms with Crippen LogP contribution in [0.4, 0.5) is 0 Å². The van der Waals surface area contributed by atoms with E-state index in [-0.39, 0.29) is 11.8 Å². The lowest BCUT2D eigenvalue weighted by Crippen LogP contribution is -2.03. The van der Waals surface area contributed by atoms with E-state index in [0.29, 0.717) is 10.7 Å². The minimum Gasteiger partial charge on any atom is -0.264 e. The van der Waals surface area contributed by atoms with Crippen LogP contribution in [0.2, 0.25) is 10.2 Å². The topological polar surface area (TPSA) is 56.3 Å². The van der Waals surface area contributed by atoms with Crippen LogP contribution < -0.4 is 0 Å². The van der Waals surface area contributed by atoms with Gasteiger partial charge in [0.2, 0.25) is 0 Å². The molecule has 0 bridgehead atoms. The van der Waals surface area contributed by atoms with Gasteiger partial charge >= 0.3 is 0 Å². The zero-order valence-corrected chi connectivity index (χ0v) is 9.53. The number of halogens is 2. The molecule has 14 heavy (non-hydrogen) atoms. The Hall–Kier alpha value is -0.360. The number of rotatable bonds is 3. The summed E-state index contributed by atoms with van der Waals surface area (Å²) in [5, 5.41) is 0.585. The lowest BCUT2D eigenvalue weighted by molar-refractivity contribution is 0.307. The van der Waals surface area contributed by atoms with Gasteiger partial charge in [0.1, 0.15) is 11.8 Å². The van der Waals surface area contributed by atoms with Crippen molar-refractivity contribution in [3.05, 3.63) is 28.0 Å². The van der Waals surface area contributed by atoms with Crippen molar-refractivity contribution < 1.29 is 12.6 Å². The highest BCUT2D eigenvalue weighted by atomic mass is 35.5. The van der Waals surface area contributed by atoms with Gasteiger partial charge in [0.25, 0.3) is 10.1 Å². The van der Waals surface area contributed by atoms with Crippen LogP contribution in [-0.4, -0.2) is 19.7 Å². The van der Waals surface area contributed by atoms with E-state index >= 15 is 0 Å². The monoisotopic (exact) mass is 255 g/mol. The van der Waals surface area contributed by atoms with Crippen LogP contribution in [0.15, 0.2) is 12.1 Å². The smallest absolute Gasteiger partial charge is 0.264 e. The lowest BCUT2D eigenvalue weighted by Gasteiger charge is -2.01. The van der Waals surface area contributed by atoms with Gasteiger partial charge in [-0.3, -0.25) is 4.18 Å². The molecule has 0 fully saturated rings. The van der Waals surface area contributed by atoms with Gasteiger partial charge in [0.05, 0.1) is 11.9 Å². The summed E-state index contributed by atoms with van der Waals surface area (Å²) in [6.45, 7) is -0.168. The van der Waals surface area contributed by atoms with Crippen LogP contribution in [0.5, 0.6) is 0 Å². The molecule has 0 amide bonds. The fraction of sp³-hybridized carbons (Fsp3) is 0.286. The molecule has 7 heteroatoms. The molecule has 0 aliphatic carbocycles. The maximum atomic E-state index is 10.7. The molecule has 0 aliphatic heterocycles. The predicted molar refractivity (Wildman–Crippen MR) is 53.9 cm³/mol. The average molecular weight is 256 g/mol. The van der Waals surface area contributed by atoms with Gasteiger partial charge in [-0.15, -0.1) is 0 Å². The Labute approximate surface area is 91.9 Å². The Bertz CT molecular complexity index is 412. The van der Waals surface area contributed by atoms with Gasteiger partial charge in [0, 0.05) is 5.02 Å². The highest BCUT2D eigenvalue weighted by Crippen LogP contribution is 2.16. The van der Waals surface area contributed by atoms with E-state index in [0.717, 1.165) is 6.26 Å². The third-order valence-electron chi connectivity index (χ3n) is 1.23. The molecule has 1 heterocycles. The molecule has 78 valence electrons. The second-order valence-electron chi connectivity index (χ2n) is 2.57. The first kappa shape index (κ1) is 11.7. The zero-order valence-electron chi connectivity index (χ0n) is 7.20. The second kappa shape index (κ2) is 4.44. The Balaban J connectivity index is 2.78. The van der Waals surface area contributed by atoms with Crippen molar-refractivity contribution >= 4 is 33.3 Å². The number of hydrogen-bond donors (Lipinski definition) is 0. The number of pyridine rings is 1. The van der Waals surface area contributed by atoms with E-state index in [4.69, 9.17) is 23.2 Å². The SMILES string of the molecule is CS(=O)(=O)OCc1cc(Cl)cc(Cl)n1. The maximum absolute atomic E-state index is 10.7. The first-order chi connectivity index (χ1) is 6.37. The largest absolute Gasteiger partial charge is 0.264 e.